The van der Waals surface area contributed by atoms with Gasteiger partial charge in [-0.1, -0.05) is 18.2 Å². The molecule has 0 radical (unpaired) electrons. The van der Waals surface area contributed by atoms with Crippen LogP contribution in [0.5, 0.6) is 0 Å². The first kappa shape index (κ1) is 9.91. The molecule has 0 aliphatic heterocycles. The van der Waals surface area contributed by atoms with Gasteiger partial charge in [-0.05, 0) is 13.0 Å². The number of thiazole rings is 1. The highest BCUT2D eigenvalue weighted by Gasteiger charge is 2.11. The highest BCUT2D eigenvalue weighted by atomic mass is 32.1. The molecule has 0 aliphatic carbocycles. The fraction of sp³-hybridized carbons (Fsp3) is 0.0714. The van der Waals surface area contributed by atoms with E-state index in [2.05, 4.69) is 51.9 Å². The van der Waals surface area contributed by atoms with E-state index < -0.39 is 0 Å². The van der Waals surface area contributed by atoms with Crippen molar-refractivity contribution in [2.75, 3.05) is 0 Å². The van der Waals surface area contributed by atoms with Crippen LogP contribution in [-0.4, -0.2) is 14.4 Å². The van der Waals surface area contributed by atoms with Crippen LogP contribution >= 0.6 is 11.3 Å². The van der Waals surface area contributed by atoms with E-state index >= 15 is 0 Å². The van der Waals surface area contributed by atoms with E-state index in [9.17, 15) is 0 Å². The maximum atomic E-state index is 4.47. The lowest BCUT2D eigenvalue weighted by atomic mass is 10.1. The molecule has 3 nitrogen and oxygen atoms in total. The van der Waals surface area contributed by atoms with E-state index in [0.717, 1.165) is 16.2 Å². The van der Waals surface area contributed by atoms with Gasteiger partial charge in [-0.2, -0.15) is 0 Å². The third-order valence-electron chi connectivity index (χ3n) is 3.19. The number of aryl methyl sites for hydroxylation is 1. The SMILES string of the molecule is Cc1cn2c(-c3c[nH]c4ccccc34)cnc2s1. The van der Waals surface area contributed by atoms with E-state index in [1.165, 1.54) is 15.8 Å². The molecule has 3 heterocycles. The zero-order valence-electron chi connectivity index (χ0n) is 9.84. The quantitative estimate of drug-likeness (QED) is 0.549. The number of aromatic amines is 1. The summed E-state index contributed by atoms with van der Waals surface area (Å²) in [6, 6.07) is 8.34. The third-order valence-corrected chi connectivity index (χ3v) is 4.10. The predicted octanol–water partition coefficient (Wildman–Crippen LogP) is 3.85. The van der Waals surface area contributed by atoms with E-state index in [4.69, 9.17) is 0 Å². The van der Waals surface area contributed by atoms with Crippen molar-refractivity contribution in [1.82, 2.24) is 14.4 Å². The van der Waals surface area contributed by atoms with Gasteiger partial charge in [0.15, 0.2) is 4.96 Å². The van der Waals surface area contributed by atoms with Gasteiger partial charge in [0.2, 0.25) is 0 Å². The summed E-state index contributed by atoms with van der Waals surface area (Å²) in [5.74, 6) is 0. The molecular formula is C14H11N3S. The predicted molar refractivity (Wildman–Crippen MR) is 75.1 cm³/mol. The van der Waals surface area contributed by atoms with Crippen LogP contribution in [0.3, 0.4) is 0 Å². The number of rotatable bonds is 1. The summed E-state index contributed by atoms with van der Waals surface area (Å²) in [5, 5.41) is 1.24. The average Bonchev–Trinajstić information content (AvgIpc) is 3.02. The average molecular weight is 253 g/mol. The van der Waals surface area contributed by atoms with Crippen LogP contribution in [0.4, 0.5) is 0 Å². The molecule has 0 bridgehead atoms. The largest absolute Gasteiger partial charge is 0.360 e. The second-order valence-electron chi connectivity index (χ2n) is 4.39. The van der Waals surface area contributed by atoms with Crippen LogP contribution < -0.4 is 0 Å². The summed E-state index contributed by atoms with van der Waals surface area (Å²) in [6.07, 6.45) is 6.14. The number of benzene rings is 1. The summed E-state index contributed by atoms with van der Waals surface area (Å²) in [5.41, 5.74) is 3.51. The number of nitrogens with zero attached hydrogens (tertiary/aromatic N) is 2. The van der Waals surface area contributed by atoms with Crippen molar-refractivity contribution in [3.8, 4) is 11.3 Å². The van der Waals surface area contributed by atoms with Gasteiger partial charge >= 0.3 is 0 Å². The molecule has 0 spiro atoms. The Bertz CT molecular complexity index is 850. The van der Waals surface area contributed by atoms with Crippen molar-refractivity contribution in [3.05, 3.63) is 47.7 Å². The fourth-order valence-electron chi connectivity index (χ4n) is 2.38. The summed E-state index contributed by atoms with van der Waals surface area (Å²) in [7, 11) is 0. The Labute approximate surface area is 108 Å². The molecule has 0 fully saturated rings. The van der Waals surface area contributed by atoms with E-state index in [1.807, 2.05) is 12.3 Å². The second kappa shape index (κ2) is 3.46. The standard InChI is InChI=1S/C14H11N3S/c1-9-8-17-13(7-16-14(17)18-9)11-6-15-12-5-3-2-4-10(11)12/h2-8,15H,1H3. The van der Waals surface area contributed by atoms with Gasteiger partial charge < -0.3 is 4.98 Å². The maximum absolute atomic E-state index is 4.47. The Hall–Kier alpha value is -2.07. The molecule has 4 aromatic rings. The van der Waals surface area contributed by atoms with Gasteiger partial charge in [0.1, 0.15) is 0 Å². The van der Waals surface area contributed by atoms with E-state index in [-0.39, 0.29) is 0 Å². The Kier molecular flexibility index (Phi) is 1.91. The first-order chi connectivity index (χ1) is 8.83. The van der Waals surface area contributed by atoms with Gasteiger partial charge in [0.25, 0.3) is 0 Å². The molecule has 3 aromatic heterocycles. The number of imidazole rings is 1. The Morgan fingerprint density at radius 2 is 2.17 bits per heavy atom. The number of hydrogen-bond donors (Lipinski definition) is 1. The van der Waals surface area contributed by atoms with Crippen molar-refractivity contribution in [3.63, 3.8) is 0 Å². The lowest BCUT2D eigenvalue weighted by Gasteiger charge is -1.96. The molecule has 4 rings (SSSR count). The van der Waals surface area contributed by atoms with Crippen molar-refractivity contribution in [2.45, 2.75) is 6.92 Å². The molecule has 0 unspecified atom stereocenters. The lowest BCUT2D eigenvalue weighted by molar-refractivity contribution is 1.22. The molecule has 0 saturated carbocycles. The van der Waals surface area contributed by atoms with Gasteiger partial charge in [-0.3, -0.25) is 4.40 Å². The van der Waals surface area contributed by atoms with Crippen LogP contribution in [0, 0.1) is 6.92 Å². The van der Waals surface area contributed by atoms with E-state index in [1.54, 1.807) is 11.3 Å². The summed E-state index contributed by atoms with van der Waals surface area (Å²) in [6.45, 7) is 2.11. The molecule has 18 heavy (non-hydrogen) atoms. The number of para-hydroxylation sites is 1. The Morgan fingerprint density at radius 3 is 3.11 bits per heavy atom. The van der Waals surface area contributed by atoms with Crippen molar-refractivity contribution < 1.29 is 0 Å². The highest BCUT2D eigenvalue weighted by molar-refractivity contribution is 7.17. The van der Waals surface area contributed by atoms with Crippen molar-refractivity contribution in [2.24, 2.45) is 0 Å². The summed E-state index contributed by atoms with van der Waals surface area (Å²) in [4.78, 5) is 10.1. The number of H-pyrrole nitrogens is 1. The zero-order valence-corrected chi connectivity index (χ0v) is 10.7. The zero-order chi connectivity index (χ0) is 12.1. The molecule has 0 amide bonds. The number of aromatic nitrogens is 3. The molecule has 1 N–H and O–H groups in total. The smallest absolute Gasteiger partial charge is 0.194 e. The lowest BCUT2D eigenvalue weighted by Crippen LogP contribution is -1.81. The molecular weight excluding hydrogens is 242 g/mol. The van der Waals surface area contributed by atoms with Crippen LogP contribution in [0.25, 0.3) is 27.1 Å². The number of nitrogens with one attached hydrogen (secondary N) is 1. The Balaban J connectivity index is 2.07. The van der Waals surface area contributed by atoms with Crippen LogP contribution in [0.2, 0.25) is 0 Å². The minimum Gasteiger partial charge on any atom is -0.360 e. The van der Waals surface area contributed by atoms with Gasteiger partial charge in [0, 0.05) is 33.7 Å². The molecule has 0 saturated heterocycles. The topological polar surface area (TPSA) is 33.1 Å². The Morgan fingerprint density at radius 1 is 1.28 bits per heavy atom. The molecule has 0 aliphatic rings. The minimum absolute atomic E-state index is 1.05. The summed E-state index contributed by atoms with van der Waals surface area (Å²) >= 11 is 1.72. The first-order valence-electron chi connectivity index (χ1n) is 5.83. The molecule has 1 aromatic carbocycles. The highest BCUT2D eigenvalue weighted by Crippen LogP contribution is 2.30. The minimum atomic E-state index is 1.05. The molecule has 0 atom stereocenters. The van der Waals surface area contributed by atoms with Crippen molar-refractivity contribution >= 4 is 27.2 Å². The first-order valence-corrected chi connectivity index (χ1v) is 6.64. The number of hydrogen-bond acceptors (Lipinski definition) is 2. The normalized spacial score (nSPS) is 11.6. The van der Waals surface area contributed by atoms with Gasteiger partial charge in [0.05, 0.1) is 11.9 Å². The summed E-state index contributed by atoms with van der Waals surface area (Å²) < 4.78 is 2.16. The van der Waals surface area contributed by atoms with Gasteiger partial charge in [-0.25, -0.2) is 4.98 Å². The van der Waals surface area contributed by atoms with Crippen LogP contribution in [-0.2, 0) is 0 Å². The molecule has 88 valence electrons. The van der Waals surface area contributed by atoms with Crippen LogP contribution in [0.1, 0.15) is 4.88 Å². The molecule has 4 heteroatoms. The van der Waals surface area contributed by atoms with E-state index in [0.29, 0.717) is 0 Å². The number of fused-ring (bicyclic) bond motifs is 2. The van der Waals surface area contributed by atoms with Crippen molar-refractivity contribution in [1.29, 1.82) is 0 Å². The monoisotopic (exact) mass is 253 g/mol. The van der Waals surface area contributed by atoms with Crippen LogP contribution in [0.15, 0.2) is 42.9 Å². The second-order valence-corrected chi connectivity index (χ2v) is 5.60. The van der Waals surface area contributed by atoms with Gasteiger partial charge in [-0.15, -0.1) is 11.3 Å². The fourth-order valence-corrected chi connectivity index (χ4v) is 3.18. The maximum Gasteiger partial charge on any atom is 0.194 e. The third kappa shape index (κ3) is 1.26.